The van der Waals surface area contributed by atoms with Gasteiger partial charge in [-0.15, -0.1) is 0 Å². The van der Waals surface area contributed by atoms with Gasteiger partial charge in [-0.05, 0) is 73.5 Å². The maximum absolute atomic E-state index is 14.2. The molecule has 0 bridgehead atoms. The zero-order valence-corrected chi connectivity index (χ0v) is 19.5. The van der Waals surface area contributed by atoms with E-state index >= 15 is 0 Å². The first-order valence-corrected chi connectivity index (χ1v) is 12.7. The predicted octanol–water partition coefficient (Wildman–Crippen LogP) is 5.46. The van der Waals surface area contributed by atoms with Crippen LogP contribution in [-0.2, 0) is 4.74 Å². The van der Waals surface area contributed by atoms with E-state index < -0.39 is 23.3 Å². The highest BCUT2D eigenvalue weighted by atomic mass is 127. The van der Waals surface area contributed by atoms with Crippen molar-refractivity contribution in [2.24, 2.45) is 0 Å². The molecule has 1 aromatic heterocycles. The molecule has 7 nitrogen and oxygen atoms in total. The van der Waals surface area contributed by atoms with Crippen molar-refractivity contribution in [1.29, 1.82) is 5.41 Å². The van der Waals surface area contributed by atoms with Crippen LogP contribution < -0.4 is 10.4 Å². The Morgan fingerprint density at radius 3 is 2.55 bits per heavy atom. The van der Waals surface area contributed by atoms with Gasteiger partial charge in [-0.25, -0.2) is 9.18 Å². The van der Waals surface area contributed by atoms with E-state index in [1.54, 1.807) is 33.8 Å². The number of benzene rings is 1. The lowest BCUT2D eigenvalue weighted by Gasteiger charge is -2.21. The van der Waals surface area contributed by atoms with E-state index in [4.69, 9.17) is 10.1 Å². The second kappa shape index (κ2) is 9.58. The Balaban J connectivity index is 2.52. The fourth-order valence-corrected chi connectivity index (χ4v) is 3.69. The molecule has 0 aliphatic heterocycles. The van der Waals surface area contributed by atoms with Gasteiger partial charge >= 0.3 is 6.09 Å². The number of aryl methyl sites for hydroxylation is 1. The summed E-state index contributed by atoms with van der Waals surface area (Å²) in [7, 11) is 0. The molecule has 2 aromatic rings. The minimum Gasteiger partial charge on any atom is -0.444 e. The third-order valence-electron chi connectivity index (χ3n) is 3.76. The number of nitrogens with zero attached hydrogens (tertiary/aromatic N) is 1. The van der Waals surface area contributed by atoms with Crippen LogP contribution in [0.15, 0.2) is 24.4 Å². The number of anilines is 2. The normalized spacial score (nSPS) is 11.4. The van der Waals surface area contributed by atoms with Crippen molar-refractivity contribution in [2.75, 3.05) is 10.4 Å². The number of hydrogen-bond donors (Lipinski definition) is 3. The molecule has 1 aromatic carbocycles. The third kappa shape index (κ3) is 5.70. The van der Waals surface area contributed by atoms with Gasteiger partial charge in [0, 0.05) is 29.9 Å². The number of rotatable bonds is 6. The first-order valence-electron chi connectivity index (χ1n) is 8.54. The monoisotopic (exact) mass is 530 g/mol. The molecule has 0 fully saturated rings. The van der Waals surface area contributed by atoms with Crippen LogP contribution >= 0.6 is 28.4 Å². The van der Waals surface area contributed by atoms with Gasteiger partial charge < -0.3 is 15.2 Å². The van der Waals surface area contributed by atoms with Gasteiger partial charge in [0.25, 0.3) is 0 Å². The molecule has 154 valence electrons. The van der Waals surface area contributed by atoms with E-state index in [0.29, 0.717) is 5.56 Å². The molecule has 1 amide bonds. The second-order valence-electron chi connectivity index (χ2n) is 7.05. The molecule has 3 N–H and O–H groups in total. The SMILES string of the molecule is Cc1ccnc(C(=O)c2ccc(F)c(NPI)c2C=N)c1NC(=O)OC(C)(C)C. The third-order valence-corrected chi connectivity index (χ3v) is 4.91. The summed E-state index contributed by atoms with van der Waals surface area (Å²) in [5.74, 6) is -1.10. The number of ketones is 1. The average Bonchev–Trinajstić information content (AvgIpc) is 2.63. The Morgan fingerprint density at radius 2 is 1.97 bits per heavy atom. The van der Waals surface area contributed by atoms with Crippen molar-refractivity contribution >= 4 is 57.9 Å². The van der Waals surface area contributed by atoms with E-state index in [0.717, 1.165) is 12.3 Å². The van der Waals surface area contributed by atoms with E-state index in [1.807, 2.05) is 22.0 Å². The van der Waals surface area contributed by atoms with Crippen LogP contribution in [0.3, 0.4) is 0 Å². The van der Waals surface area contributed by atoms with Gasteiger partial charge in [-0.3, -0.25) is 15.1 Å². The first kappa shape index (κ1) is 23.2. The highest BCUT2D eigenvalue weighted by molar-refractivity contribution is 14.2. The van der Waals surface area contributed by atoms with Crippen molar-refractivity contribution in [3.8, 4) is 0 Å². The number of amides is 1. The molecule has 0 saturated heterocycles. The Labute approximate surface area is 183 Å². The number of halogens is 2. The van der Waals surface area contributed by atoms with Crippen LogP contribution in [0.25, 0.3) is 0 Å². The van der Waals surface area contributed by atoms with Gasteiger partial charge in [0.1, 0.15) is 17.1 Å². The number of aromatic nitrogens is 1. The summed E-state index contributed by atoms with van der Waals surface area (Å²) in [5.41, 5.74) is 0.378. The smallest absolute Gasteiger partial charge is 0.412 e. The number of carbonyl (C=O) groups is 2. The zero-order valence-electron chi connectivity index (χ0n) is 16.3. The van der Waals surface area contributed by atoms with Crippen LogP contribution in [0.5, 0.6) is 0 Å². The van der Waals surface area contributed by atoms with Crippen LogP contribution in [0.4, 0.5) is 20.6 Å². The van der Waals surface area contributed by atoms with Gasteiger partial charge in [0.05, 0.1) is 11.4 Å². The molecule has 29 heavy (non-hydrogen) atoms. The summed E-state index contributed by atoms with van der Waals surface area (Å²) >= 11 is 2.03. The van der Waals surface area contributed by atoms with Crippen molar-refractivity contribution in [3.05, 3.63) is 52.6 Å². The highest BCUT2D eigenvalue weighted by Crippen LogP contribution is 2.32. The summed E-state index contributed by atoms with van der Waals surface area (Å²) < 4.78 is 19.4. The van der Waals surface area contributed by atoms with Crippen molar-refractivity contribution < 1.29 is 18.7 Å². The van der Waals surface area contributed by atoms with Crippen molar-refractivity contribution in [2.45, 2.75) is 33.3 Å². The van der Waals surface area contributed by atoms with Crippen LogP contribution in [0.2, 0.25) is 0 Å². The van der Waals surface area contributed by atoms with E-state index in [1.165, 1.54) is 12.3 Å². The summed E-state index contributed by atoms with van der Waals surface area (Å²) in [6.07, 6.45) is 1.80. The summed E-state index contributed by atoms with van der Waals surface area (Å²) in [6.45, 7) is 6.90. The number of pyridine rings is 1. The topological polar surface area (TPSA) is 104 Å². The molecule has 10 heteroatoms. The number of carbonyl (C=O) groups excluding carboxylic acids is 2. The van der Waals surface area contributed by atoms with Crippen molar-refractivity contribution in [3.63, 3.8) is 0 Å². The maximum Gasteiger partial charge on any atom is 0.412 e. The molecule has 1 unspecified atom stereocenters. The Hall–Kier alpha value is -2.13. The molecule has 2 rings (SSSR count). The summed E-state index contributed by atoms with van der Waals surface area (Å²) in [5, 5.41) is 13.1. The van der Waals surface area contributed by atoms with E-state index in [9.17, 15) is 14.0 Å². The van der Waals surface area contributed by atoms with Crippen molar-refractivity contribution in [1.82, 2.24) is 4.98 Å². The molecular weight excluding hydrogens is 509 g/mol. The highest BCUT2D eigenvalue weighted by Gasteiger charge is 2.24. The van der Waals surface area contributed by atoms with Gasteiger partial charge in [0.2, 0.25) is 5.78 Å². The van der Waals surface area contributed by atoms with Gasteiger partial charge in [-0.2, -0.15) is 0 Å². The lowest BCUT2D eigenvalue weighted by atomic mass is 9.98. The molecule has 0 radical (unpaired) electrons. The summed E-state index contributed by atoms with van der Waals surface area (Å²) in [4.78, 5) is 29.6. The Morgan fingerprint density at radius 1 is 1.28 bits per heavy atom. The fourth-order valence-electron chi connectivity index (χ4n) is 2.54. The Bertz CT molecular complexity index is 963. The largest absolute Gasteiger partial charge is 0.444 e. The minimum atomic E-state index is -0.720. The lowest BCUT2D eigenvalue weighted by molar-refractivity contribution is 0.0635. The lowest BCUT2D eigenvalue weighted by Crippen LogP contribution is -2.28. The van der Waals surface area contributed by atoms with E-state index in [2.05, 4.69) is 15.4 Å². The molecule has 0 aliphatic carbocycles. The van der Waals surface area contributed by atoms with Gasteiger partial charge in [0.15, 0.2) is 0 Å². The number of ether oxygens (including phenoxy) is 1. The van der Waals surface area contributed by atoms with Gasteiger partial charge in [-0.1, -0.05) is 0 Å². The average molecular weight is 530 g/mol. The predicted molar refractivity (Wildman–Crippen MR) is 123 cm³/mol. The molecule has 1 atom stereocenters. The minimum absolute atomic E-state index is 0.0200. The fraction of sp³-hybridized carbons (Fsp3) is 0.263. The number of hydrogen-bond acceptors (Lipinski definition) is 6. The van der Waals surface area contributed by atoms with E-state index in [-0.39, 0.29) is 34.6 Å². The maximum atomic E-state index is 14.2. The molecule has 1 heterocycles. The Kier molecular flexibility index (Phi) is 7.65. The van der Waals surface area contributed by atoms with Crippen LogP contribution in [0.1, 0.15) is 48.0 Å². The second-order valence-corrected chi connectivity index (χ2v) is 9.11. The summed E-state index contributed by atoms with van der Waals surface area (Å²) in [6, 6.07) is 4.12. The first-order chi connectivity index (χ1) is 13.6. The van der Waals surface area contributed by atoms with Crippen LogP contribution in [-0.4, -0.2) is 28.7 Å². The standard InChI is InChI=1S/C19H21FIN4O3P/c1-10-7-8-23-16(14(10)24-18(27)28-19(2,3)4)17(26)11-5-6-13(20)15(25-29-21)12(11)9-22/h5-9,22,25,29H,1-4H3,(H,24,27). The number of nitrogens with one attached hydrogen (secondary N) is 3. The molecule has 0 aliphatic rings. The molecule has 0 spiro atoms. The molecule has 0 saturated carbocycles. The molecular formula is C19H21FIN4O3P. The zero-order chi connectivity index (χ0) is 21.8. The van der Waals surface area contributed by atoms with Crippen LogP contribution in [0, 0.1) is 18.2 Å². The quantitative estimate of drug-likeness (QED) is 0.199.